The van der Waals surface area contributed by atoms with Gasteiger partial charge in [0.15, 0.2) is 12.9 Å². The van der Waals surface area contributed by atoms with Crippen LogP contribution in [0.4, 0.5) is 5.69 Å². The van der Waals surface area contributed by atoms with Crippen molar-refractivity contribution >= 4 is 40.0 Å². The highest BCUT2D eigenvalue weighted by Gasteiger charge is 2.45. The lowest BCUT2D eigenvalue weighted by Gasteiger charge is -2.39. The predicted octanol–water partition coefficient (Wildman–Crippen LogP) is 8.54. The summed E-state index contributed by atoms with van der Waals surface area (Å²) in [5.74, 6) is -0.176. The second-order valence-corrected chi connectivity index (χ2v) is 13.1. The molecule has 0 aliphatic heterocycles. The van der Waals surface area contributed by atoms with Gasteiger partial charge in [-0.1, -0.05) is 115 Å². The number of fused-ring (bicyclic) bond motifs is 1. The summed E-state index contributed by atoms with van der Waals surface area (Å²) in [7, 11) is -3.64. The van der Waals surface area contributed by atoms with E-state index in [-0.39, 0.29) is 11.5 Å². The number of carbonyl (C=O) groups excluding carboxylic acids is 1. The SMILES string of the molecule is CC(Nc1ccccc1)(/C(=C/C(=O)c1ccco1)P(=O)(c1ccccc1)c1ccccc1)c1ccc2ccccc2c1. The number of carbonyl (C=O) groups is 1. The zero-order valence-electron chi connectivity index (χ0n) is 23.2. The van der Waals surface area contributed by atoms with Crippen LogP contribution in [0.5, 0.6) is 0 Å². The maximum absolute atomic E-state index is 16.0. The van der Waals surface area contributed by atoms with Crippen LogP contribution >= 0.6 is 7.14 Å². The highest BCUT2D eigenvalue weighted by Crippen LogP contribution is 2.59. The van der Waals surface area contributed by atoms with Gasteiger partial charge in [-0.2, -0.15) is 0 Å². The highest BCUT2D eigenvalue weighted by molar-refractivity contribution is 7.82. The minimum absolute atomic E-state index is 0.181. The van der Waals surface area contributed by atoms with Gasteiger partial charge in [0.1, 0.15) is 0 Å². The number of benzene rings is 5. The Bertz CT molecular complexity index is 1860. The van der Waals surface area contributed by atoms with E-state index in [2.05, 4.69) is 29.6 Å². The molecule has 1 heterocycles. The van der Waals surface area contributed by atoms with Gasteiger partial charge in [0.05, 0.1) is 11.8 Å². The number of para-hydroxylation sites is 1. The van der Waals surface area contributed by atoms with Crippen LogP contribution in [0.2, 0.25) is 0 Å². The standard InChI is InChI=1S/C37H30NO3P/c1-37(38-31-16-5-2-6-17-31,30-24-23-28-14-11-12-15-29(28)26-30)36(27-34(39)35-22-13-25-41-35)42(40,32-18-7-3-8-19-32)33-20-9-4-10-21-33/h2-27,38H,1H3/b36-27-. The third kappa shape index (κ3) is 5.13. The number of allylic oxidation sites excluding steroid dienone is 1. The molecule has 0 bridgehead atoms. The van der Waals surface area contributed by atoms with Gasteiger partial charge < -0.3 is 14.3 Å². The molecule has 1 N–H and O–H groups in total. The van der Waals surface area contributed by atoms with Crippen molar-refractivity contribution in [1.82, 2.24) is 0 Å². The summed E-state index contributed by atoms with van der Waals surface area (Å²) in [6, 6.07) is 46.3. The molecule has 0 radical (unpaired) electrons. The molecule has 1 aromatic heterocycles. The Kier molecular flexibility index (Phi) is 7.48. The summed E-state index contributed by atoms with van der Waals surface area (Å²) in [5, 5.41) is 7.57. The summed E-state index contributed by atoms with van der Waals surface area (Å²) in [5.41, 5.74) is 0.613. The lowest BCUT2D eigenvalue weighted by atomic mass is 9.88. The van der Waals surface area contributed by atoms with E-state index in [0.717, 1.165) is 22.0 Å². The van der Waals surface area contributed by atoms with Gasteiger partial charge in [0.25, 0.3) is 0 Å². The van der Waals surface area contributed by atoms with Gasteiger partial charge in [0, 0.05) is 21.6 Å². The normalized spacial score (nSPS) is 13.4. The molecule has 6 rings (SSSR count). The Morgan fingerprint density at radius 1 is 0.690 bits per heavy atom. The van der Waals surface area contributed by atoms with E-state index < -0.39 is 12.7 Å². The second-order valence-electron chi connectivity index (χ2n) is 10.3. The van der Waals surface area contributed by atoms with E-state index in [1.807, 2.05) is 116 Å². The van der Waals surface area contributed by atoms with Crippen LogP contribution in [0.1, 0.15) is 23.0 Å². The molecule has 0 spiro atoms. The first-order valence-corrected chi connectivity index (χ1v) is 15.5. The molecule has 1 atom stereocenters. The quantitative estimate of drug-likeness (QED) is 0.108. The molecule has 42 heavy (non-hydrogen) atoms. The maximum Gasteiger partial charge on any atom is 0.221 e. The van der Waals surface area contributed by atoms with Gasteiger partial charge in [-0.15, -0.1) is 0 Å². The van der Waals surface area contributed by atoms with E-state index >= 15 is 4.57 Å². The molecule has 4 nitrogen and oxygen atoms in total. The van der Waals surface area contributed by atoms with Gasteiger partial charge in [0.2, 0.25) is 5.78 Å². The average molecular weight is 568 g/mol. The summed E-state index contributed by atoms with van der Waals surface area (Å²) in [6.07, 6.45) is 2.99. The third-order valence-corrected chi connectivity index (χ3v) is 10.9. The van der Waals surface area contributed by atoms with Gasteiger partial charge >= 0.3 is 0 Å². The molecular formula is C37H30NO3P. The number of nitrogens with one attached hydrogen (secondary N) is 1. The number of rotatable bonds is 9. The van der Waals surface area contributed by atoms with Crippen LogP contribution in [0, 0.1) is 0 Å². The molecule has 0 aliphatic carbocycles. The molecule has 0 aliphatic rings. The average Bonchev–Trinajstić information content (AvgIpc) is 3.60. The van der Waals surface area contributed by atoms with E-state index in [9.17, 15) is 4.79 Å². The first-order chi connectivity index (χ1) is 20.5. The van der Waals surface area contributed by atoms with Crippen molar-refractivity contribution in [2.75, 3.05) is 5.32 Å². The zero-order chi connectivity index (χ0) is 29.0. The largest absolute Gasteiger partial charge is 0.461 e. The molecule has 6 aromatic rings. The Morgan fingerprint density at radius 3 is 1.86 bits per heavy atom. The van der Waals surface area contributed by atoms with Crippen LogP contribution in [0.3, 0.4) is 0 Å². The van der Waals surface area contributed by atoms with Crippen molar-refractivity contribution in [3.8, 4) is 0 Å². The molecule has 1 unspecified atom stereocenters. The number of ketones is 1. The Morgan fingerprint density at radius 2 is 1.26 bits per heavy atom. The molecule has 0 saturated heterocycles. The Hall–Kier alpha value is -4.92. The van der Waals surface area contributed by atoms with E-state index in [1.165, 1.54) is 12.3 Å². The van der Waals surface area contributed by atoms with Crippen LogP contribution in [-0.2, 0) is 10.1 Å². The number of hydrogen-bond acceptors (Lipinski definition) is 4. The second kappa shape index (κ2) is 11.5. The maximum atomic E-state index is 16.0. The first-order valence-electron chi connectivity index (χ1n) is 13.8. The van der Waals surface area contributed by atoms with Crippen LogP contribution in [0.25, 0.3) is 10.8 Å². The summed E-state index contributed by atoms with van der Waals surface area (Å²) in [4.78, 5) is 13.8. The lowest BCUT2D eigenvalue weighted by molar-refractivity contribution is 0.102. The molecule has 0 saturated carbocycles. The smallest absolute Gasteiger partial charge is 0.221 e. The minimum atomic E-state index is -3.64. The lowest BCUT2D eigenvalue weighted by Crippen LogP contribution is -2.38. The first kappa shape index (κ1) is 27.3. The van der Waals surface area contributed by atoms with Crippen LogP contribution in [-0.4, -0.2) is 5.78 Å². The number of furan rings is 1. The Labute approximate surface area is 245 Å². The van der Waals surface area contributed by atoms with Crippen LogP contribution < -0.4 is 15.9 Å². The highest BCUT2D eigenvalue weighted by atomic mass is 31.2. The molecular weight excluding hydrogens is 537 g/mol. The van der Waals surface area contributed by atoms with E-state index in [4.69, 9.17) is 4.42 Å². The van der Waals surface area contributed by atoms with E-state index in [0.29, 0.717) is 15.9 Å². The van der Waals surface area contributed by atoms with Gasteiger partial charge in [-0.25, -0.2) is 0 Å². The molecule has 5 aromatic carbocycles. The van der Waals surface area contributed by atoms with Crippen molar-refractivity contribution in [1.29, 1.82) is 0 Å². The summed E-state index contributed by atoms with van der Waals surface area (Å²) >= 11 is 0. The number of anilines is 1. The molecule has 5 heteroatoms. The molecule has 0 amide bonds. The minimum Gasteiger partial charge on any atom is -0.461 e. The Balaban J connectivity index is 1.69. The fourth-order valence-electron chi connectivity index (χ4n) is 5.46. The summed E-state index contributed by atoms with van der Waals surface area (Å²) in [6.45, 7) is 2.00. The fraction of sp³-hybridized carbons (Fsp3) is 0.0541. The zero-order valence-corrected chi connectivity index (χ0v) is 24.1. The van der Waals surface area contributed by atoms with Crippen molar-refractivity contribution in [2.24, 2.45) is 0 Å². The van der Waals surface area contributed by atoms with Crippen LogP contribution in [0.15, 0.2) is 168 Å². The fourth-order valence-corrected chi connectivity index (χ4v) is 8.61. The number of hydrogen-bond donors (Lipinski definition) is 1. The molecule has 206 valence electrons. The van der Waals surface area contributed by atoms with Gasteiger partial charge in [-0.05, 0) is 59.7 Å². The van der Waals surface area contributed by atoms with Crippen molar-refractivity contribution in [2.45, 2.75) is 12.5 Å². The van der Waals surface area contributed by atoms with Crippen molar-refractivity contribution < 1.29 is 13.8 Å². The van der Waals surface area contributed by atoms with E-state index in [1.54, 1.807) is 12.1 Å². The van der Waals surface area contributed by atoms with Gasteiger partial charge in [-0.3, -0.25) is 4.79 Å². The predicted molar refractivity (Wildman–Crippen MR) is 172 cm³/mol. The topological polar surface area (TPSA) is 59.3 Å². The molecule has 0 fully saturated rings. The van der Waals surface area contributed by atoms with Crippen molar-refractivity contribution in [3.05, 3.63) is 175 Å². The summed E-state index contributed by atoms with van der Waals surface area (Å²) < 4.78 is 21.5. The van der Waals surface area contributed by atoms with Crippen molar-refractivity contribution in [3.63, 3.8) is 0 Å². The monoisotopic (exact) mass is 567 g/mol. The third-order valence-electron chi connectivity index (χ3n) is 7.62.